The molecule has 0 heterocycles. The van der Waals surface area contributed by atoms with E-state index in [9.17, 15) is 0 Å². The molecule has 13 heavy (non-hydrogen) atoms. The molecule has 0 atom stereocenters. The van der Waals surface area contributed by atoms with Crippen LogP contribution in [-0.2, 0) is 0 Å². The Hall–Kier alpha value is -0.700. The van der Waals surface area contributed by atoms with Crippen molar-refractivity contribution in [3.05, 3.63) is 22.7 Å². The highest BCUT2D eigenvalue weighted by molar-refractivity contribution is 9.10. The Morgan fingerprint density at radius 2 is 1.85 bits per heavy atom. The van der Waals surface area contributed by atoms with Crippen LogP contribution in [0.5, 0.6) is 11.5 Å². The highest BCUT2D eigenvalue weighted by atomic mass is 79.9. The molecule has 0 saturated heterocycles. The molecule has 0 bridgehead atoms. The first-order chi connectivity index (χ1) is 6.27. The van der Waals surface area contributed by atoms with Crippen LogP contribution in [0, 0.1) is 0 Å². The summed E-state index contributed by atoms with van der Waals surface area (Å²) in [5.74, 6) is 1.71. The SMILES string of the molecule is CCOc1ccc(OCC)c(Br)c1. The second kappa shape index (κ2) is 5.12. The molecule has 1 aromatic rings. The van der Waals surface area contributed by atoms with Crippen LogP contribution < -0.4 is 9.47 Å². The third-order valence-corrected chi connectivity index (χ3v) is 2.13. The van der Waals surface area contributed by atoms with Gasteiger partial charge in [0, 0.05) is 0 Å². The van der Waals surface area contributed by atoms with Crippen LogP contribution in [0.25, 0.3) is 0 Å². The average molecular weight is 245 g/mol. The van der Waals surface area contributed by atoms with Gasteiger partial charge in [-0.05, 0) is 48.0 Å². The zero-order chi connectivity index (χ0) is 9.68. The second-order valence-corrected chi connectivity index (χ2v) is 3.31. The molecule has 0 N–H and O–H groups in total. The molecule has 0 aromatic heterocycles. The Morgan fingerprint density at radius 1 is 1.15 bits per heavy atom. The zero-order valence-electron chi connectivity index (χ0n) is 7.84. The van der Waals surface area contributed by atoms with Gasteiger partial charge in [0.1, 0.15) is 11.5 Å². The van der Waals surface area contributed by atoms with Crippen molar-refractivity contribution in [2.75, 3.05) is 13.2 Å². The molecule has 3 heteroatoms. The van der Waals surface area contributed by atoms with E-state index in [1.807, 2.05) is 32.0 Å². The van der Waals surface area contributed by atoms with Crippen molar-refractivity contribution in [1.82, 2.24) is 0 Å². The first-order valence-electron chi connectivity index (χ1n) is 4.33. The van der Waals surface area contributed by atoms with E-state index in [0.29, 0.717) is 13.2 Å². The first-order valence-corrected chi connectivity index (χ1v) is 5.12. The second-order valence-electron chi connectivity index (χ2n) is 2.46. The van der Waals surface area contributed by atoms with E-state index in [4.69, 9.17) is 9.47 Å². The summed E-state index contributed by atoms with van der Waals surface area (Å²) in [6.07, 6.45) is 0. The van der Waals surface area contributed by atoms with Gasteiger partial charge in [-0.15, -0.1) is 0 Å². The van der Waals surface area contributed by atoms with E-state index in [1.54, 1.807) is 0 Å². The predicted molar refractivity (Wildman–Crippen MR) is 56.5 cm³/mol. The Kier molecular flexibility index (Phi) is 4.09. The number of halogens is 1. The fourth-order valence-corrected chi connectivity index (χ4v) is 1.48. The molecule has 0 aliphatic rings. The molecule has 0 spiro atoms. The third kappa shape index (κ3) is 2.92. The monoisotopic (exact) mass is 244 g/mol. The third-order valence-electron chi connectivity index (χ3n) is 1.51. The lowest BCUT2D eigenvalue weighted by Gasteiger charge is -2.08. The molecule has 0 saturated carbocycles. The number of rotatable bonds is 4. The van der Waals surface area contributed by atoms with Crippen molar-refractivity contribution < 1.29 is 9.47 Å². The molecule has 0 radical (unpaired) electrons. The summed E-state index contributed by atoms with van der Waals surface area (Å²) < 4.78 is 11.6. The smallest absolute Gasteiger partial charge is 0.133 e. The molecule has 0 amide bonds. The largest absolute Gasteiger partial charge is 0.494 e. The average Bonchev–Trinajstić information content (AvgIpc) is 2.10. The van der Waals surface area contributed by atoms with Gasteiger partial charge in [-0.25, -0.2) is 0 Å². The Bertz CT molecular complexity index is 274. The molecule has 0 unspecified atom stereocenters. The number of hydrogen-bond donors (Lipinski definition) is 0. The van der Waals surface area contributed by atoms with Crippen molar-refractivity contribution in [3.63, 3.8) is 0 Å². The molecule has 0 aliphatic carbocycles. The van der Waals surface area contributed by atoms with Gasteiger partial charge >= 0.3 is 0 Å². The van der Waals surface area contributed by atoms with Crippen molar-refractivity contribution in [1.29, 1.82) is 0 Å². The molecule has 72 valence electrons. The maximum absolute atomic E-state index is 5.37. The fraction of sp³-hybridized carbons (Fsp3) is 0.400. The van der Waals surface area contributed by atoms with Gasteiger partial charge in [0.05, 0.1) is 17.7 Å². The van der Waals surface area contributed by atoms with Crippen LogP contribution >= 0.6 is 15.9 Å². The van der Waals surface area contributed by atoms with E-state index < -0.39 is 0 Å². The summed E-state index contributed by atoms with van der Waals surface area (Å²) in [5, 5.41) is 0. The molecule has 0 aliphatic heterocycles. The standard InChI is InChI=1S/C10H13BrO2/c1-3-12-8-5-6-10(13-4-2)9(11)7-8/h5-7H,3-4H2,1-2H3. The van der Waals surface area contributed by atoms with Crippen LogP contribution in [0.15, 0.2) is 22.7 Å². The van der Waals surface area contributed by atoms with Gasteiger partial charge < -0.3 is 9.47 Å². The minimum Gasteiger partial charge on any atom is -0.494 e. The van der Waals surface area contributed by atoms with Crippen molar-refractivity contribution >= 4 is 15.9 Å². The van der Waals surface area contributed by atoms with Gasteiger partial charge in [-0.1, -0.05) is 0 Å². The maximum Gasteiger partial charge on any atom is 0.133 e. The van der Waals surface area contributed by atoms with E-state index in [2.05, 4.69) is 15.9 Å². The summed E-state index contributed by atoms with van der Waals surface area (Å²) in [6, 6.07) is 5.71. The topological polar surface area (TPSA) is 18.5 Å². The minimum absolute atomic E-state index is 0.673. The van der Waals surface area contributed by atoms with Crippen LogP contribution in [0.2, 0.25) is 0 Å². The van der Waals surface area contributed by atoms with Crippen molar-refractivity contribution in [3.8, 4) is 11.5 Å². The van der Waals surface area contributed by atoms with Crippen molar-refractivity contribution in [2.45, 2.75) is 13.8 Å². The molecule has 1 aromatic carbocycles. The molecule has 0 fully saturated rings. The van der Waals surface area contributed by atoms with Crippen LogP contribution in [0.3, 0.4) is 0 Å². The Labute approximate surface area is 87.0 Å². The van der Waals surface area contributed by atoms with Crippen molar-refractivity contribution in [2.24, 2.45) is 0 Å². The van der Waals surface area contributed by atoms with Gasteiger partial charge in [0.2, 0.25) is 0 Å². The number of benzene rings is 1. The molecule has 2 nitrogen and oxygen atoms in total. The minimum atomic E-state index is 0.673. The molecular formula is C10H13BrO2. The highest BCUT2D eigenvalue weighted by Crippen LogP contribution is 2.29. The van der Waals surface area contributed by atoms with Gasteiger partial charge in [-0.3, -0.25) is 0 Å². The van der Waals surface area contributed by atoms with E-state index >= 15 is 0 Å². The zero-order valence-corrected chi connectivity index (χ0v) is 9.43. The van der Waals surface area contributed by atoms with Gasteiger partial charge in [-0.2, -0.15) is 0 Å². The molecule has 1 rings (SSSR count). The Morgan fingerprint density at radius 3 is 2.38 bits per heavy atom. The van der Waals surface area contributed by atoms with Crippen LogP contribution in [0.4, 0.5) is 0 Å². The number of hydrogen-bond acceptors (Lipinski definition) is 2. The maximum atomic E-state index is 5.37. The lowest BCUT2D eigenvalue weighted by molar-refractivity contribution is 0.329. The fourth-order valence-electron chi connectivity index (χ4n) is 1.01. The highest BCUT2D eigenvalue weighted by Gasteiger charge is 2.01. The first kappa shape index (κ1) is 10.4. The summed E-state index contributed by atoms with van der Waals surface area (Å²) in [4.78, 5) is 0. The van der Waals surface area contributed by atoms with Gasteiger partial charge in [0.15, 0.2) is 0 Å². The quantitative estimate of drug-likeness (QED) is 0.810. The summed E-state index contributed by atoms with van der Waals surface area (Å²) in [5.41, 5.74) is 0. The summed E-state index contributed by atoms with van der Waals surface area (Å²) >= 11 is 3.41. The summed E-state index contributed by atoms with van der Waals surface area (Å²) in [6.45, 7) is 5.28. The number of ether oxygens (including phenoxy) is 2. The van der Waals surface area contributed by atoms with Crippen LogP contribution in [0.1, 0.15) is 13.8 Å². The normalized spacial score (nSPS) is 9.77. The van der Waals surface area contributed by atoms with E-state index in [1.165, 1.54) is 0 Å². The predicted octanol–water partition coefficient (Wildman–Crippen LogP) is 3.25. The van der Waals surface area contributed by atoms with Crippen LogP contribution in [-0.4, -0.2) is 13.2 Å². The lowest BCUT2D eigenvalue weighted by atomic mass is 10.3. The molecular weight excluding hydrogens is 232 g/mol. The summed E-state index contributed by atoms with van der Waals surface area (Å²) in [7, 11) is 0. The Balaban J connectivity index is 2.79. The van der Waals surface area contributed by atoms with E-state index in [0.717, 1.165) is 16.0 Å². The lowest BCUT2D eigenvalue weighted by Crippen LogP contribution is -1.94. The van der Waals surface area contributed by atoms with E-state index in [-0.39, 0.29) is 0 Å². The van der Waals surface area contributed by atoms with Gasteiger partial charge in [0.25, 0.3) is 0 Å².